The molecule has 0 saturated heterocycles. The summed E-state index contributed by atoms with van der Waals surface area (Å²) in [6.07, 6.45) is 3.17. The minimum absolute atomic E-state index is 0.140. The van der Waals surface area contributed by atoms with Gasteiger partial charge in [0.2, 0.25) is 5.91 Å². The van der Waals surface area contributed by atoms with E-state index in [1.54, 1.807) is 86.9 Å². The van der Waals surface area contributed by atoms with E-state index in [-0.39, 0.29) is 24.1 Å². The van der Waals surface area contributed by atoms with Gasteiger partial charge in [0, 0.05) is 34.2 Å². The maximum absolute atomic E-state index is 12.6. The topological polar surface area (TPSA) is 88.2 Å². The predicted molar refractivity (Wildman–Crippen MR) is 120 cm³/mol. The quantitative estimate of drug-likeness (QED) is 0.542. The highest BCUT2D eigenvalue weighted by atomic mass is 35.5. The minimum atomic E-state index is -0.820. The average Bonchev–Trinajstić information content (AvgIpc) is 2.78. The van der Waals surface area contributed by atoms with E-state index in [2.05, 4.69) is 15.6 Å². The number of nitrogens with one attached hydrogen (secondary N) is 2. The molecule has 158 valence electrons. The molecule has 31 heavy (non-hydrogen) atoms. The molecule has 0 radical (unpaired) electrons. The fourth-order valence-corrected chi connectivity index (χ4v) is 3.05. The highest BCUT2D eigenvalue weighted by molar-refractivity contribution is 6.30. The number of rotatable bonds is 7. The van der Waals surface area contributed by atoms with Crippen LogP contribution in [0.4, 0.5) is 5.69 Å². The molecule has 6 nitrogen and oxygen atoms in total. The molecule has 0 aliphatic rings. The Kier molecular flexibility index (Phi) is 6.82. The maximum atomic E-state index is 12.6. The Labute approximate surface area is 185 Å². The van der Waals surface area contributed by atoms with Crippen molar-refractivity contribution in [2.75, 3.05) is 11.9 Å². The molecule has 2 N–H and O–H groups in total. The Morgan fingerprint density at radius 1 is 0.871 bits per heavy atom. The Morgan fingerprint density at radius 3 is 2.06 bits per heavy atom. The van der Waals surface area contributed by atoms with Crippen LogP contribution in [0.25, 0.3) is 0 Å². The Hall–Kier alpha value is -3.51. The maximum Gasteiger partial charge on any atom is 0.255 e. The second kappa shape index (κ2) is 9.53. The summed E-state index contributed by atoms with van der Waals surface area (Å²) >= 11 is 5.91. The van der Waals surface area contributed by atoms with Crippen LogP contribution in [-0.2, 0) is 10.2 Å². The second-order valence-corrected chi connectivity index (χ2v) is 7.94. The lowest BCUT2D eigenvalue weighted by atomic mass is 9.83. The number of anilines is 1. The second-order valence-electron chi connectivity index (χ2n) is 7.51. The molecule has 0 aliphatic carbocycles. The van der Waals surface area contributed by atoms with E-state index >= 15 is 0 Å². The molecule has 1 heterocycles. The summed E-state index contributed by atoms with van der Waals surface area (Å²) in [6, 6.07) is 16.7. The van der Waals surface area contributed by atoms with Crippen LogP contribution < -0.4 is 10.6 Å². The van der Waals surface area contributed by atoms with Crippen LogP contribution in [0.2, 0.25) is 5.02 Å². The molecule has 0 aliphatic heterocycles. The number of aromatic nitrogens is 1. The molecule has 0 spiro atoms. The van der Waals surface area contributed by atoms with Crippen LogP contribution in [0.5, 0.6) is 0 Å². The zero-order valence-corrected chi connectivity index (χ0v) is 17.9. The zero-order valence-electron chi connectivity index (χ0n) is 17.2. The molecule has 3 rings (SSSR count). The molecule has 2 aromatic carbocycles. The van der Waals surface area contributed by atoms with Crippen LogP contribution in [0.3, 0.4) is 0 Å². The number of Topliss-reactive ketones (excluding diaryl/α,β-unsaturated/α-hetero) is 1. The number of hydrogen-bond acceptors (Lipinski definition) is 4. The number of hydrogen-bond donors (Lipinski definition) is 2. The summed E-state index contributed by atoms with van der Waals surface area (Å²) in [4.78, 5) is 41.3. The molecule has 0 unspecified atom stereocenters. The largest absolute Gasteiger partial charge is 0.348 e. The van der Waals surface area contributed by atoms with Crippen LogP contribution in [0.15, 0.2) is 73.1 Å². The lowest BCUT2D eigenvalue weighted by Gasteiger charge is -2.24. The van der Waals surface area contributed by atoms with Gasteiger partial charge in [-0.15, -0.1) is 0 Å². The van der Waals surface area contributed by atoms with Crippen molar-refractivity contribution in [2.24, 2.45) is 0 Å². The van der Waals surface area contributed by atoms with E-state index < -0.39 is 5.41 Å². The van der Waals surface area contributed by atoms with E-state index in [4.69, 9.17) is 11.6 Å². The summed E-state index contributed by atoms with van der Waals surface area (Å²) in [5.41, 5.74) is 1.43. The van der Waals surface area contributed by atoms with Crippen molar-refractivity contribution in [3.05, 3.63) is 94.8 Å². The van der Waals surface area contributed by atoms with Crippen molar-refractivity contribution in [3.63, 3.8) is 0 Å². The fourth-order valence-electron chi connectivity index (χ4n) is 2.93. The van der Waals surface area contributed by atoms with Gasteiger partial charge in [0.25, 0.3) is 5.91 Å². The third-order valence-electron chi connectivity index (χ3n) is 4.95. The molecule has 2 amide bonds. The average molecular weight is 436 g/mol. The van der Waals surface area contributed by atoms with Gasteiger partial charge in [0.15, 0.2) is 5.78 Å². The molecular formula is C24H22ClN3O3. The first kappa shape index (κ1) is 22.2. The number of amides is 2. The van der Waals surface area contributed by atoms with Crippen LogP contribution >= 0.6 is 11.6 Å². The molecular weight excluding hydrogens is 414 g/mol. The van der Waals surface area contributed by atoms with Crippen molar-refractivity contribution < 1.29 is 14.4 Å². The molecule has 0 atom stereocenters. The SMILES string of the molecule is CC(C)(C(=O)NCC(=O)c1ccc(C(=O)Nc2ccncc2)cc1)c1ccc(Cl)cc1. The number of carbonyl (C=O) groups excluding carboxylic acids is 3. The molecule has 0 fully saturated rings. The minimum Gasteiger partial charge on any atom is -0.348 e. The van der Waals surface area contributed by atoms with E-state index in [0.717, 1.165) is 5.56 Å². The monoisotopic (exact) mass is 435 g/mol. The predicted octanol–water partition coefficient (Wildman–Crippen LogP) is 4.26. The third-order valence-corrected chi connectivity index (χ3v) is 5.20. The molecule has 0 saturated carbocycles. The summed E-state index contributed by atoms with van der Waals surface area (Å²) in [5, 5.41) is 6.04. The van der Waals surface area contributed by atoms with Gasteiger partial charge in [-0.05, 0) is 55.8 Å². The van der Waals surface area contributed by atoms with Crippen molar-refractivity contribution in [1.29, 1.82) is 0 Å². The van der Waals surface area contributed by atoms with Crippen molar-refractivity contribution in [2.45, 2.75) is 19.3 Å². The molecule has 1 aromatic heterocycles. The normalized spacial score (nSPS) is 10.9. The van der Waals surface area contributed by atoms with E-state index in [0.29, 0.717) is 21.8 Å². The molecule has 3 aromatic rings. The summed E-state index contributed by atoms with van der Waals surface area (Å²) in [7, 11) is 0. The standard InChI is InChI=1S/C24H22ClN3O3/c1-24(2,18-7-9-19(25)10-8-18)23(31)27-15-21(29)16-3-5-17(6-4-16)22(30)28-20-11-13-26-14-12-20/h3-14H,15H2,1-2H3,(H,27,31)(H,26,28,30). The Balaban J connectivity index is 1.58. The van der Waals surface area contributed by atoms with E-state index in [1.807, 2.05) is 0 Å². The van der Waals surface area contributed by atoms with Crippen molar-refractivity contribution >= 4 is 34.9 Å². The number of pyridine rings is 1. The highest BCUT2D eigenvalue weighted by Gasteiger charge is 2.29. The number of benzene rings is 2. The van der Waals surface area contributed by atoms with Crippen LogP contribution in [-0.4, -0.2) is 29.1 Å². The first-order valence-electron chi connectivity index (χ1n) is 9.66. The first-order valence-corrected chi connectivity index (χ1v) is 10.0. The highest BCUT2D eigenvalue weighted by Crippen LogP contribution is 2.24. The van der Waals surface area contributed by atoms with Gasteiger partial charge in [0.1, 0.15) is 0 Å². The van der Waals surface area contributed by atoms with Gasteiger partial charge in [-0.25, -0.2) is 0 Å². The van der Waals surface area contributed by atoms with Crippen LogP contribution in [0, 0.1) is 0 Å². The fraction of sp³-hybridized carbons (Fsp3) is 0.167. The number of carbonyl (C=O) groups is 3. The number of halogens is 1. The van der Waals surface area contributed by atoms with Crippen LogP contribution in [0.1, 0.15) is 40.1 Å². The third kappa shape index (κ3) is 5.55. The van der Waals surface area contributed by atoms with Gasteiger partial charge in [-0.1, -0.05) is 35.9 Å². The van der Waals surface area contributed by atoms with Crippen molar-refractivity contribution in [1.82, 2.24) is 10.3 Å². The van der Waals surface area contributed by atoms with E-state index in [1.165, 1.54) is 0 Å². The lowest BCUT2D eigenvalue weighted by molar-refractivity contribution is -0.125. The number of ketones is 1. The van der Waals surface area contributed by atoms with Gasteiger partial charge < -0.3 is 10.6 Å². The number of nitrogens with zero attached hydrogens (tertiary/aromatic N) is 1. The van der Waals surface area contributed by atoms with E-state index in [9.17, 15) is 14.4 Å². The first-order chi connectivity index (χ1) is 14.8. The molecule has 0 bridgehead atoms. The smallest absolute Gasteiger partial charge is 0.255 e. The Morgan fingerprint density at radius 2 is 1.45 bits per heavy atom. The summed E-state index contributed by atoms with van der Waals surface area (Å²) < 4.78 is 0. The lowest BCUT2D eigenvalue weighted by Crippen LogP contribution is -2.42. The molecule has 7 heteroatoms. The Bertz CT molecular complexity index is 1080. The van der Waals surface area contributed by atoms with Crippen molar-refractivity contribution in [3.8, 4) is 0 Å². The zero-order chi connectivity index (χ0) is 22.4. The van der Waals surface area contributed by atoms with Gasteiger partial charge in [0.05, 0.1) is 12.0 Å². The van der Waals surface area contributed by atoms with Gasteiger partial charge in [-0.2, -0.15) is 0 Å². The van der Waals surface area contributed by atoms with Gasteiger partial charge >= 0.3 is 0 Å². The van der Waals surface area contributed by atoms with Gasteiger partial charge in [-0.3, -0.25) is 19.4 Å². The summed E-state index contributed by atoms with van der Waals surface area (Å²) in [5.74, 6) is -0.805. The summed E-state index contributed by atoms with van der Waals surface area (Å²) in [6.45, 7) is 3.43.